The molecule has 0 aromatic heterocycles. The van der Waals surface area contributed by atoms with Gasteiger partial charge in [-0.25, -0.2) is 0 Å². The van der Waals surface area contributed by atoms with Crippen LogP contribution in [0.2, 0.25) is 0 Å². The van der Waals surface area contributed by atoms with Crippen molar-refractivity contribution in [2.24, 2.45) is 0 Å². The van der Waals surface area contributed by atoms with Gasteiger partial charge in [-0.1, -0.05) is 173 Å². The summed E-state index contributed by atoms with van der Waals surface area (Å²) in [7, 11) is 0. The summed E-state index contributed by atoms with van der Waals surface area (Å²) in [6.45, 7) is 9.04. The second-order valence-electron chi connectivity index (χ2n) is 14.1. The Morgan fingerprint density at radius 2 is 0.560 bits per heavy atom. The highest BCUT2D eigenvalue weighted by molar-refractivity contribution is 5.85. The lowest BCUT2D eigenvalue weighted by Crippen LogP contribution is -2.23. The summed E-state index contributed by atoms with van der Waals surface area (Å²) >= 11 is 0. The van der Waals surface area contributed by atoms with Gasteiger partial charge in [0.2, 0.25) is 0 Å². The molecular weight excluding hydrogens is 609 g/mol. The van der Waals surface area contributed by atoms with Gasteiger partial charge >= 0.3 is 0 Å². The summed E-state index contributed by atoms with van der Waals surface area (Å²) in [6.07, 6.45) is 0. The Kier molecular flexibility index (Phi) is 8.64. The van der Waals surface area contributed by atoms with E-state index in [2.05, 4.69) is 125 Å². The van der Waals surface area contributed by atoms with E-state index in [4.69, 9.17) is 0 Å². The Hall–Kier alpha value is -5.86. The fourth-order valence-corrected chi connectivity index (χ4v) is 6.97. The van der Waals surface area contributed by atoms with E-state index in [1.807, 2.05) is 72.8 Å². The fourth-order valence-electron chi connectivity index (χ4n) is 6.97. The first-order chi connectivity index (χ1) is 24.1. The molecule has 2 nitrogen and oxygen atoms in total. The van der Waals surface area contributed by atoms with Gasteiger partial charge in [0.15, 0.2) is 0 Å². The van der Waals surface area contributed by atoms with Gasteiger partial charge in [-0.2, -0.15) is 0 Å². The van der Waals surface area contributed by atoms with E-state index in [1.165, 1.54) is 11.1 Å². The quantitative estimate of drug-likeness (QED) is 0.172. The predicted molar refractivity (Wildman–Crippen MR) is 209 cm³/mol. The van der Waals surface area contributed by atoms with E-state index in [0.29, 0.717) is 0 Å². The van der Waals surface area contributed by atoms with Gasteiger partial charge < -0.3 is 10.2 Å². The lowest BCUT2D eigenvalue weighted by atomic mass is 9.72. The van der Waals surface area contributed by atoms with Gasteiger partial charge in [0.05, 0.1) is 0 Å². The number of hydrogen-bond acceptors (Lipinski definition) is 2. The maximum Gasteiger partial charge on any atom is 0.131 e. The molecule has 0 saturated heterocycles. The molecule has 246 valence electrons. The highest BCUT2D eigenvalue weighted by Crippen LogP contribution is 2.46. The summed E-state index contributed by atoms with van der Waals surface area (Å²) in [5.41, 5.74) is 11.0. The van der Waals surface area contributed by atoms with Crippen LogP contribution < -0.4 is 0 Å². The molecule has 0 heterocycles. The molecule has 50 heavy (non-hydrogen) atoms. The van der Waals surface area contributed by atoms with Gasteiger partial charge in [0.25, 0.3) is 0 Å². The lowest BCUT2D eigenvalue weighted by molar-refractivity contribution is 0.478. The van der Waals surface area contributed by atoms with Crippen LogP contribution >= 0.6 is 0 Å². The van der Waals surface area contributed by atoms with E-state index in [-0.39, 0.29) is 11.5 Å². The molecule has 0 aliphatic heterocycles. The van der Waals surface area contributed by atoms with Crippen molar-refractivity contribution in [2.45, 2.75) is 38.5 Å². The molecule has 0 aliphatic carbocycles. The molecule has 2 N–H and O–H groups in total. The van der Waals surface area contributed by atoms with Crippen molar-refractivity contribution in [3.05, 3.63) is 192 Å². The largest absolute Gasteiger partial charge is 0.507 e. The molecule has 2 heteroatoms. The summed E-state index contributed by atoms with van der Waals surface area (Å²) in [5, 5.41) is 23.3. The van der Waals surface area contributed by atoms with Gasteiger partial charge in [-0.15, -0.1) is 0 Å². The maximum atomic E-state index is 11.6. The summed E-state index contributed by atoms with van der Waals surface area (Å²) < 4.78 is 0. The minimum Gasteiger partial charge on any atom is -0.507 e. The number of benzene rings is 7. The fraction of sp³-hybridized carbons (Fsp3) is 0.125. The third-order valence-electron chi connectivity index (χ3n) is 10.3. The van der Waals surface area contributed by atoms with Crippen LogP contribution in [0.5, 0.6) is 11.5 Å². The van der Waals surface area contributed by atoms with Crippen LogP contribution in [0, 0.1) is 0 Å². The zero-order valence-electron chi connectivity index (χ0n) is 29.1. The Bertz CT molecular complexity index is 1970. The topological polar surface area (TPSA) is 40.5 Å². The van der Waals surface area contributed by atoms with Crippen LogP contribution in [-0.2, 0) is 10.8 Å². The first kappa shape index (κ1) is 32.7. The van der Waals surface area contributed by atoms with Gasteiger partial charge in [0, 0.05) is 33.1 Å². The molecule has 0 fully saturated rings. The van der Waals surface area contributed by atoms with Crippen molar-refractivity contribution in [3.63, 3.8) is 0 Å². The summed E-state index contributed by atoms with van der Waals surface area (Å²) in [5.74, 6) is 0.570. The second-order valence-corrected chi connectivity index (χ2v) is 14.1. The van der Waals surface area contributed by atoms with Crippen LogP contribution in [0.3, 0.4) is 0 Å². The number of aromatic hydroxyl groups is 2. The van der Waals surface area contributed by atoms with Gasteiger partial charge in [0.1, 0.15) is 11.5 Å². The predicted octanol–water partition coefficient (Wildman–Crippen LogP) is 12.4. The van der Waals surface area contributed by atoms with Crippen LogP contribution in [0.15, 0.2) is 170 Å². The number of hydrogen-bond donors (Lipinski definition) is 2. The standard InChI is InChI=1S/C48H42O2/c1-47(2,39-29-41(33-18-9-5-10-19-33)45(49)42(30-39)34-20-11-6-12-21-34)37-26-17-27-38(28-37)48(3,4)40-31-43(35-22-13-7-14-23-35)46(50)44(32-40)36-24-15-8-16-25-36/h5-32,49-50H,1-4H3. The van der Waals surface area contributed by atoms with Crippen molar-refractivity contribution in [3.8, 4) is 56.0 Å². The molecule has 7 aromatic carbocycles. The molecule has 0 bridgehead atoms. The molecule has 7 aromatic rings. The molecular formula is C48H42O2. The Labute approximate surface area is 296 Å². The molecule has 0 amide bonds. The molecule has 0 unspecified atom stereocenters. The molecule has 0 aliphatic rings. The average molecular weight is 651 g/mol. The van der Waals surface area contributed by atoms with Crippen molar-refractivity contribution in [1.29, 1.82) is 0 Å². The van der Waals surface area contributed by atoms with Crippen molar-refractivity contribution in [1.82, 2.24) is 0 Å². The molecule has 7 rings (SSSR count). The lowest BCUT2D eigenvalue weighted by Gasteiger charge is -2.32. The van der Waals surface area contributed by atoms with Crippen LogP contribution in [-0.4, -0.2) is 10.2 Å². The molecule has 0 spiro atoms. The number of rotatable bonds is 8. The zero-order chi connectivity index (χ0) is 34.9. The normalized spacial score (nSPS) is 11.8. The van der Waals surface area contributed by atoms with Crippen molar-refractivity contribution >= 4 is 0 Å². The van der Waals surface area contributed by atoms with Crippen molar-refractivity contribution < 1.29 is 10.2 Å². The number of phenols is 2. The van der Waals surface area contributed by atoms with Crippen LogP contribution in [0.25, 0.3) is 44.5 Å². The van der Waals surface area contributed by atoms with Crippen LogP contribution in [0.1, 0.15) is 49.9 Å². The van der Waals surface area contributed by atoms with E-state index in [9.17, 15) is 10.2 Å². The summed E-state index contributed by atoms with van der Waals surface area (Å²) in [4.78, 5) is 0. The Balaban J connectivity index is 1.36. The van der Waals surface area contributed by atoms with E-state index < -0.39 is 10.8 Å². The average Bonchev–Trinajstić information content (AvgIpc) is 3.16. The molecule has 0 saturated carbocycles. The summed E-state index contributed by atoms with van der Waals surface area (Å²) in [6, 6.07) is 58.0. The minimum atomic E-state index is -0.397. The monoisotopic (exact) mass is 650 g/mol. The highest BCUT2D eigenvalue weighted by Gasteiger charge is 2.31. The van der Waals surface area contributed by atoms with Gasteiger partial charge in [-0.3, -0.25) is 0 Å². The second kappa shape index (κ2) is 13.2. The van der Waals surface area contributed by atoms with Crippen LogP contribution in [0.4, 0.5) is 0 Å². The Morgan fingerprint density at radius 1 is 0.300 bits per heavy atom. The molecule has 0 atom stereocenters. The molecule has 0 radical (unpaired) electrons. The highest BCUT2D eigenvalue weighted by atomic mass is 16.3. The third-order valence-corrected chi connectivity index (χ3v) is 10.3. The first-order valence-electron chi connectivity index (χ1n) is 17.2. The SMILES string of the molecule is CC(C)(c1cccc(C(C)(C)c2cc(-c3ccccc3)c(O)c(-c3ccccc3)c2)c1)c1cc(-c2ccccc2)c(O)c(-c2ccccc2)c1. The van der Waals surface area contributed by atoms with E-state index in [1.54, 1.807) is 0 Å². The first-order valence-corrected chi connectivity index (χ1v) is 17.2. The number of phenolic OH excluding ortho intramolecular Hbond substituents is 2. The van der Waals surface area contributed by atoms with Gasteiger partial charge in [-0.05, 0) is 68.8 Å². The third kappa shape index (κ3) is 6.10. The smallest absolute Gasteiger partial charge is 0.131 e. The van der Waals surface area contributed by atoms with E-state index in [0.717, 1.165) is 55.6 Å². The Morgan fingerprint density at radius 3 is 0.820 bits per heavy atom. The van der Waals surface area contributed by atoms with E-state index >= 15 is 0 Å². The maximum absolute atomic E-state index is 11.6. The zero-order valence-corrected chi connectivity index (χ0v) is 29.1. The van der Waals surface area contributed by atoms with Crippen molar-refractivity contribution in [2.75, 3.05) is 0 Å². The minimum absolute atomic E-state index is 0.285.